The summed E-state index contributed by atoms with van der Waals surface area (Å²) in [6.45, 7) is 1.38. The molecule has 3 heterocycles. The van der Waals surface area contributed by atoms with E-state index in [-0.39, 0.29) is 5.91 Å². The van der Waals surface area contributed by atoms with Crippen LogP contribution in [-0.4, -0.2) is 52.0 Å². The van der Waals surface area contributed by atoms with Gasteiger partial charge in [0, 0.05) is 43.8 Å². The predicted octanol–water partition coefficient (Wildman–Crippen LogP) is 1.60. The number of anilines is 1. The number of pyridine rings is 1. The number of nitrogens with one attached hydrogen (secondary N) is 1. The fourth-order valence-electron chi connectivity index (χ4n) is 2.62. The molecule has 0 unspecified atom stereocenters. The first-order valence-corrected chi connectivity index (χ1v) is 7.58. The van der Waals surface area contributed by atoms with Crippen molar-refractivity contribution in [2.24, 2.45) is 0 Å². The van der Waals surface area contributed by atoms with Crippen molar-refractivity contribution in [1.29, 1.82) is 0 Å². The maximum Gasteiger partial charge on any atom is 0.274 e. The van der Waals surface area contributed by atoms with Crippen LogP contribution in [0, 0.1) is 0 Å². The van der Waals surface area contributed by atoms with Crippen LogP contribution in [0.3, 0.4) is 0 Å². The van der Waals surface area contributed by atoms with E-state index >= 15 is 0 Å². The minimum Gasteiger partial charge on any atom is -0.497 e. The number of likely N-dealkylation sites (tertiary alicyclic amines) is 1. The molecule has 23 heavy (non-hydrogen) atoms. The third-order valence-electron chi connectivity index (χ3n) is 3.88. The standard InChI is InChI=1S/C16H19N5O2/c1-23-13-2-5-19-15(10-13)20-12-3-8-21(9-4-12)16(22)14-11-17-6-7-18-14/h2,5-7,10-12H,3-4,8-9H2,1H3,(H,19,20). The van der Waals surface area contributed by atoms with Crippen LogP contribution in [0.25, 0.3) is 0 Å². The fraction of sp³-hybridized carbons (Fsp3) is 0.375. The minimum absolute atomic E-state index is 0.0592. The Bertz CT molecular complexity index is 657. The van der Waals surface area contributed by atoms with Gasteiger partial charge in [0.15, 0.2) is 0 Å². The summed E-state index contributed by atoms with van der Waals surface area (Å²) < 4.78 is 5.20. The first-order chi connectivity index (χ1) is 11.3. The lowest BCUT2D eigenvalue weighted by molar-refractivity contribution is 0.0712. The van der Waals surface area contributed by atoms with Crippen molar-refractivity contribution in [3.8, 4) is 5.75 Å². The van der Waals surface area contributed by atoms with Crippen molar-refractivity contribution in [3.63, 3.8) is 0 Å². The molecule has 7 heteroatoms. The van der Waals surface area contributed by atoms with Gasteiger partial charge in [0.05, 0.1) is 13.3 Å². The number of methoxy groups -OCH3 is 1. The molecule has 2 aromatic rings. The lowest BCUT2D eigenvalue weighted by Gasteiger charge is -2.32. The van der Waals surface area contributed by atoms with E-state index in [1.807, 2.05) is 17.0 Å². The number of rotatable bonds is 4. The van der Waals surface area contributed by atoms with Crippen molar-refractivity contribution < 1.29 is 9.53 Å². The smallest absolute Gasteiger partial charge is 0.274 e. The molecular weight excluding hydrogens is 294 g/mol. The molecule has 1 saturated heterocycles. The summed E-state index contributed by atoms with van der Waals surface area (Å²) >= 11 is 0. The Morgan fingerprint density at radius 1 is 1.26 bits per heavy atom. The van der Waals surface area contributed by atoms with E-state index in [0.29, 0.717) is 24.8 Å². The molecule has 120 valence electrons. The number of ether oxygens (including phenoxy) is 1. The average Bonchev–Trinajstić information content (AvgIpc) is 2.63. The third-order valence-corrected chi connectivity index (χ3v) is 3.88. The van der Waals surface area contributed by atoms with Gasteiger partial charge in [0.2, 0.25) is 0 Å². The van der Waals surface area contributed by atoms with Crippen molar-refractivity contribution in [1.82, 2.24) is 19.9 Å². The Morgan fingerprint density at radius 3 is 2.78 bits per heavy atom. The quantitative estimate of drug-likeness (QED) is 0.923. The molecule has 1 amide bonds. The van der Waals surface area contributed by atoms with Crippen LogP contribution in [0.2, 0.25) is 0 Å². The largest absolute Gasteiger partial charge is 0.497 e. The van der Waals surface area contributed by atoms with Crippen molar-refractivity contribution in [2.45, 2.75) is 18.9 Å². The van der Waals surface area contributed by atoms with Crippen LogP contribution >= 0.6 is 0 Å². The van der Waals surface area contributed by atoms with Gasteiger partial charge in [-0.2, -0.15) is 0 Å². The second kappa shape index (κ2) is 7.04. The average molecular weight is 313 g/mol. The summed E-state index contributed by atoms with van der Waals surface area (Å²) in [6, 6.07) is 3.98. The van der Waals surface area contributed by atoms with Crippen LogP contribution in [0.1, 0.15) is 23.3 Å². The van der Waals surface area contributed by atoms with Gasteiger partial charge in [-0.3, -0.25) is 9.78 Å². The molecular formula is C16H19N5O2. The number of amides is 1. The Morgan fingerprint density at radius 2 is 2.09 bits per heavy atom. The van der Waals surface area contributed by atoms with Gasteiger partial charge in [-0.1, -0.05) is 0 Å². The van der Waals surface area contributed by atoms with Gasteiger partial charge in [-0.05, 0) is 18.9 Å². The third kappa shape index (κ3) is 3.74. The van der Waals surface area contributed by atoms with Gasteiger partial charge >= 0.3 is 0 Å². The molecule has 0 spiro atoms. The first kappa shape index (κ1) is 15.2. The van der Waals surface area contributed by atoms with E-state index in [0.717, 1.165) is 24.4 Å². The number of piperidine rings is 1. The van der Waals surface area contributed by atoms with Gasteiger partial charge in [0.25, 0.3) is 5.91 Å². The van der Waals surface area contributed by atoms with Gasteiger partial charge < -0.3 is 15.0 Å². The summed E-state index contributed by atoms with van der Waals surface area (Å²) in [4.78, 5) is 26.4. The first-order valence-electron chi connectivity index (χ1n) is 7.58. The zero-order valence-corrected chi connectivity index (χ0v) is 13.0. The second-order valence-corrected chi connectivity index (χ2v) is 5.38. The van der Waals surface area contributed by atoms with Crippen LogP contribution in [0.5, 0.6) is 5.75 Å². The van der Waals surface area contributed by atoms with Crippen LogP contribution in [-0.2, 0) is 0 Å². The van der Waals surface area contributed by atoms with Gasteiger partial charge in [-0.25, -0.2) is 9.97 Å². The van der Waals surface area contributed by atoms with E-state index in [1.54, 1.807) is 19.5 Å². The zero-order chi connectivity index (χ0) is 16.1. The van der Waals surface area contributed by atoms with Crippen molar-refractivity contribution >= 4 is 11.7 Å². The van der Waals surface area contributed by atoms with Crippen LogP contribution in [0.15, 0.2) is 36.9 Å². The summed E-state index contributed by atoms with van der Waals surface area (Å²) in [6.07, 6.45) is 8.06. The van der Waals surface area contributed by atoms with E-state index < -0.39 is 0 Å². The topological polar surface area (TPSA) is 80.2 Å². The molecule has 1 aliphatic rings. The van der Waals surface area contributed by atoms with Crippen LogP contribution in [0.4, 0.5) is 5.82 Å². The van der Waals surface area contributed by atoms with E-state index in [2.05, 4.69) is 20.3 Å². The number of hydrogen-bond donors (Lipinski definition) is 1. The van der Waals surface area contributed by atoms with E-state index in [4.69, 9.17) is 4.74 Å². The fourth-order valence-corrected chi connectivity index (χ4v) is 2.62. The lowest BCUT2D eigenvalue weighted by atomic mass is 10.0. The molecule has 7 nitrogen and oxygen atoms in total. The number of carbonyl (C=O) groups excluding carboxylic acids is 1. The maximum atomic E-state index is 12.3. The molecule has 1 aliphatic heterocycles. The highest BCUT2D eigenvalue weighted by molar-refractivity contribution is 5.92. The molecule has 2 aromatic heterocycles. The second-order valence-electron chi connectivity index (χ2n) is 5.38. The molecule has 1 N–H and O–H groups in total. The highest BCUT2D eigenvalue weighted by atomic mass is 16.5. The maximum absolute atomic E-state index is 12.3. The molecule has 1 fully saturated rings. The highest BCUT2D eigenvalue weighted by Crippen LogP contribution is 2.19. The number of hydrogen-bond acceptors (Lipinski definition) is 6. The number of aromatic nitrogens is 3. The summed E-state index contributed by atoms with van der Waals surface area (Å²) in [5.74, 6) is 1.51. The SMILES string of the molecule is COc1ccnc(NC2CCN(C(=O)c3cnccn3)CC2)c1. The Balaban J connectivity index is 1.55. The van der Waals surface area contributed by atoms with E-state index in [9.17, 15) is 4.79 Å². The zero-order valence-electron chi connectivity index (χ0n) is 13.0. The lowest BCUT2D eigenvalue weighted by Crippen LogP contribution is -2.42. The molecule has 0 radical (unpaired) electrons. The summed E-state index contributed by atoms with van der Waals surface area (Å²) in [7, 11) is 1.63. The Hall–Kier alpha value is -2.70. The van der Waals surface area contributed by atoms with E-state index in [1.165, 1.54) is 12.4 Å². The monoisotopic (exact) mass is 313 g/mol. The Kier molecular flexibility index (Phi) is 4.65. The highest BCUT2D eigenvalue weighted by Gasteiger charge is 2.24. The summed E-state index contributed by atoms with van der Waals surface area (Å²) in [5, 5.41) is 3.40. The minimum atomic E-state index is -0.0592. The molecule has 0 aliphatic carbocycles. The number of carbonyl (C=O) groups is 1. The molecule has 0 saturated carbocycles. The summed E-state index contributed by atoms with van der Waals surface area (Å²) in [5.41, 5.74) is 0.397. The molecule has 3 rings (SSSR count). The normalized spacial score (nSPS) is 15.3. The Labute approximate surface area is 134 Å². The van der Waals surface area contributed by atoms with Gasteiger partial charge in [0.1, 0.15) is 17.3 Å². The van der Waals surface area contributed by atoms with Crippen LogP contribution < -0.4 is 10.1 Å². The number of nitrogens with zero attached hydrogens (tertiary/aromatic N) is 4. The predicted molar refractivity (Wildman–Crippen MR) is 85.4 cm³/mol. The molecule has 0 atom stereocenters. The van der Waals surface area contributed by atoms with Crippen molar-refractivity contribution in [3.05, 3.63) is 42.6 Å². The van der Waals surface area contributed by atoms with Gasteiger partial charge in [-0.15, -0.1) is 0 Å². The molecule has 0 aromatic carbocycles. The molecule has 0 bridgehead atoms. The van der Waals surface area contributed by atoms with Crippen molar-refractivity contribution in [2.75, 3.05) is 25.5 Å².